The zero-order valence-electron chi connectivity index (χ0n) is 12.3. The fraction of sp³-hybridized carbons (Fsp3) is 0.235. The maximum absolute atomic E-state index is 12.6. The molecule has 0 bridgehead atoms. The van der Waals surface area contributed by atoms with Crippen molar-refractivity contribution in [1.82, 2.24) is 0 Å². The maximum atomic E-state index is 12.6. The molecule has 3 nitrogen and oxygen atoms in total. The Morgan fingerprint density at radius 3 is 2.52 bits per heavy atom. The summed E-state index contributed by atoms with van der Waals surface area (Å²) in [5.74, 6) is 1.42. The number of rotatable bonds is 5. The number of ketones is 1. The summed E-state index contributed by atoms with van der Waals surface area (Å²) in [5, 5.41) is 0. The Bertz CT molecular complexity index is 665. The average Bonchev–Trinajstić information content (AvgIpc) is 2.46. The van der Waals surface area contributed by atoms with Gasteiger partial charge in [-0.15, -0.1) is 0 Å². The lowest BCUT2D eigenvalue weighted by molar-refractivity contribution is 0.103. The smallest absolute Gasteiger partial charge is 0.193 e. The first kappa shape index (κ1) is 15.6. The number of ether oxygens (including phenoxy) is 2. The summed E-state index contributed by atoms with van der Waals surface area (Å²) >= 11 is 3.41. The zero-order valence-corrected chi connectivity index (χ0v) is 13.9. The SMILES string of the molecule is CCOc1cc(Br)cc(C(=O)c2ccc(OC)c(C)c2)c1. The van der Waals surface area contributed by atoms with Gasteiger partial charge in [-0.3, -0.25) is 4.79 Å². The zero-order chi connectivity index (χ0) is 15.4. The van der Waals surface area contributed by atoms with Crippen LogP contribution in [0.3, 0.4) is 0 Å². The minimum Gasteiger partial charge on any atom is -0.496 e. The topological polar surface area (TPSA) is 35.5 Å². The summed E-state index contributed by atoms with van der Waals surface area (Å²) in [5.41, 5.74) is 2.16. The molecule has 2 aromatic carbocycles. The lowest BCUT2D eigenvalue weighted by Gasteiger charge is -2.09. The molecule has 21 heavy (non-hydrogen) atoms. The highest BCUT2D eigenvalue weighted by atomic mass is 79.9. The molecule has 0 aliphatic carbocycles. The van der Waals surface area contributed by atoms with E-state index in [1.165, 1.54) is 0 Å². The van der Waals surface area contributed by atoms with E-state index in [0.717, 1.165) is 15.8 Å². The quantitative estimate of drug-likeness (QED) is 0.751. The fourth-order valence-electron chi connectivity index (χ4n) is 2.13. The van der Waals surface area contributed by atoms with E-state index in [0.29, 0.717) is 23.5 Å². The number of methoxy groups -OCH3 is 1. The van der Waals surface area contributed by atoms with Crippen LogP contribution in [-0.4, -0.2) is 19.5 Å². The van der Waals surface area contributed by atoms with E-state index in [1.54, 1.807) is 25.3 Å². The molecule has 2 aromatic rings. The first-order valence-electron chi connectivity index (χ1n) is 6.68. The van der Waals surface area contributed by atoms with Crippen LogP contribution >= 0.6 is 15.9 Å². The predicted molar refractivity (Wildman–Crippen MR) is 86.5 cm³/mol. The van der Waals surface area contributed by atoms with E-state index >= 15 is 0 Å². The standard InChI is InChI=1S/C17H17BrO3/c1-4-21-15-9-13(8-14(18)10-15)17(19)12-5-6-16(20-3)11(2)7-12/h5-10H,4H2,1-3H3. The molecule has 110 valence electrons. The van der Waals surface area contributed by atoms with E-state index in [1.807, 2.05) is 32.0 Å². The van der Waals surface area contributed by atoms with Crippen LogP contribution in [0.25, 0.3) is 0 Å². The predicted octanol–water partition coefficient (Wildman–Crippen LogP) is 4.40. The summed E-state index contributed by atoms with van der Waals surface area (Å²) in [6.45, 7) is 4.39. The maximum Gasteiger partial charge on any atom is 0.193 e. The lowest BCUT2D eigenvalue weighted by Crippen LogP contribution is -2.03. The molecule has 0 aromatic heterocycles. The van der Waals surface area contributed by atoms with Gasteiger partial charge < -0.3 is 9.47 Å². The Morgan fingerprint density at radius 2 is 1.90 bits per heavy atom. The largest absolute Gasteiger partial charge is 0.496 e. The van der Waals surface area contributed by atoms with Crippen LogP contribution in [0.2, 0.25) is 0 Å². The summed E-state index contributed by atoms with van der Waals surface area (Å²) < 4.78 is 11.5. The number of carbonyl (C=O) groups excluding carboxylic acids is 1. The normalized spacial score (nSPS) is 10.3. The number of hydrogen-bond donors (Lipinski definition) is 0. The van der Waals surface area contributed by atoms with Gasteiger partial charge in [0.05, 0.1) is 13.7 Å². The van der Waals surface area contributed by atoms with E-state index in [9.17, 15) is 4.79 Å². The van der Waals surface area contributed by atoms with Crippen LogP contribution in [-0.2, 0) is 0 Å². The summed E-state index contributed by atoms with van der Waals surface area (Å²) in [6.07, 6.45) is 0. The van der Waals surface area contributed by atoms with Crippen LogP contribution < -0.4 is 9.47 Å². The Morgan fingerprint density at radius 1 is 1.14 bits per heavy atom. The van der Waals surface area contributed by atoms with Gasteiger partial charge in [0.15, 0.2) is 5.78 Å². The van der Waals surface area contributed by atoms with Gasteiger partial charge in [0.25, 0.3) is 0 Å². The van der Waals surface area contributed by atoms with Gasteiger partial charge in [0, 0.05) is 15.6 Å². The van der Waals surface area contributed by atoms with Gasteiger partial charge in [-0.2, -0.15) is 0 Å². The molecular weight excluding hydrogens is 332 g/mol. The Kier molecular flexibility index (Phi) is 5.02. The Hall–Kier alpha value is -1.81. The summed E-state index contributed by atoms with van der Waals surface area (Å²) in [7, 11) is 1.62. The van der Waals surface area contributed by atoms with Crippen molar-refractivity contribution in [1.29, 1.82) is 0 Å². The average molecular weight is 349 g/mol. The van der Waals surface area contributed by atoms with Crippen LogP contribution in [0.5, 0.6) is 11.5 Å². The summed E-state index contributed by atoms with van der Waals surface area (Å²) in [6, 6.07) is 10.8. The lowest BCUT2D eigenvalue weighted by atomic mass is 10.0. The van der Waals surface area contributed by atoms with Gasteiger partial charge in [0.2, 0.25) is 0 Å². The third-order valence-corrected chi connectivity index (χ3v) is 3.56. The minimum absolute atomic E-state index is 0.0389. The van der Waals surface area contributed by atoms with Gasteiger partial charge >= 0.3 is 0 Å². The van der Waals surface area contributed by atoms with E-state index in [-0.39, 0.29) is 5.78 Å². The van der Waals surface area contributed by atoms with Crippen LogP contribution in [0.1, 0.15) is 28.4 Å². The van der Waals surface area contributed by atoms with Gasteiger partial charge in [-0.1, -0.05) is 15.9 Å². The van der Waals surface area contributed by atoms with E-state index in [2.05, 4.69) is 15.9 Å². The first-order chi connectivity index (χ1) is 10.0. The molecule has 0 atom stereocenters. The van der Waals surface area contributed by atoms with E-state index in [4.69, 9.17) is 9.47 Å². The number of carbonyl (C=O) groups is 1. The van der Waals surface area contributed by atoms with Crippen molar-refractivity contribution >= 4 is 21.7 Å². The molecule has 0 spiro atoms. The third-order valence-electron chi connectivity index (χ3n) is 3.10. The fourth-order valence-corrected chi connectivity index (χ4v) is 2.60. The Labute approximate surface area is 133 Å². The molecule has 0 unspecified atom stereocenters. The number of benzene rings is 2. The number of halogens is 1. The van der Waals surface area contributed by atoms with Crippen molar-refractivity contribution in [3.63, 3.8) is 0 Å². The number of hydrogen-bond acceptors (Lipinski definition) is 3. The monoisotopic (exact) mass is 348 g/mol. The molecule has 0 saturated heterocycles. The molecule has 0 aliphatic heterocycles. The third kappa shape index (κ3) is 3.64. The molecule has 2 rings (SSSR count). The van der Waals surface area contributed by atoms with Crippen LogP contribution in [0, 0.1) is 6.92 Å². The molecule has 0 amide bonds. The molecule has 0 saturated carbocycles. The molecule has 0 radical (unpaired) electrons. The van der Waals surface area contributed by atoms with E-state index < -0.39 is 0 Å². The molecule has 0 aliphatic rings. The summed E-state index contributed by atoms with van der Waals surface area (Å²) in [4.78, 5) is 12.6. The molecule has 0 N–H and O–H groups in total. The van der Waals surface area contributed by atoms with Gasteiger partial charge in [-0.25, -0.2) is 0 Å². The Balaban J connectivity index is 2.37. The molecule has 0 fully saturated rings. The van der Waals surface area contributed by atoms with Gasteiger partial charge in [0.1, 0.15) is 11.5 Å². The molecule has 0 heterocycles. The van der Waals surface area contributed by atoms with Crippen molar-refractivity contribution in [2.45, 2.75) is 13.8 Å². The van der Waals surface area contributed by atoms with Gasteiger partial charge in [-0.05, 0) is 55.8 Å². The van der Waals surface area contributed by atoms with Crippen molar-refractivity contribution in [3.05, 3.63) is 57.6 Å². The van der Waals surface area contributed by atoms with Crippen molar-refractivity contribution in [3.8, 4) is 11.5 Å². The highest BCUT2D eigenvalue weighted by molar-refractivity contribution is 9.10. The van der Waals surface area contributed by atoms with Crippen LogP contribution in [0.15, 0.2) is 40.9 Å². The van der Waals surface area contributed by atoms with Crippen LogP contribution in [0.4, 0.5) is 0 Å². The second-order valence-corrected chi connectivity index (χ2v) is 5.54. The highest BCUT2D eigenvalue weighted by Crippen LogP contribution is 2.25. The molecule has 4 heteroatoms. The number of aryl methyl sites for hydroxylation is 1. The first-order valence-corrected chi connectivity index (χ1v) is 7.47. The second kappa shape index (κ2) is 6.76. The van der Waals surface area contributed by atoms with Crippen molar-refractivity contribution in [2.24, 2.45) is 0 Å². The second-order valence-electron chi connectivity index (χ2n) is 4.62. The van der Waals surface area contributed by atoms with Crippen molar-refractivity contribution in [2.75, 3.05) is 13.7 Å². The minimum atomic E-state index is -0.0389. The molecular formula is C17H17BrO3. The highest BCUT2D eigenvalue weighted by Gasteiger charge is 2.13. The van der Waals surface area contributed by atoms with Crippen molar-refractivity contribution < 1.29 is 14.3 Å².